The van der Waals surface area contributed by atoms with E-state index in [4.69, 9.17) is 0 Å². The van der Waals surface area contributed by atoms with Crippen molar-refractivity contribution in [2.24, 2.45) is 5.10 Å². The molecule has 0 radical (unpaired) electrons. The zero-order valence-corrected chi connectivity index (χ0v) is 13.0. The summed E-state index contributed by atoms with van der Waals surface area (Å²) in [5, 5.41) is 4.13. The molecule has 0 unspecified atom stereocenters. The number of hydrogen-bond acceptors (Lipinski definition) is 3. The van der Waals surface area contributed by atoms with Crippen LogP contribution in [0, 0.1) is 6.92 Å². The van der Waals surface area contributed by atoms with E-state index in [0.29, 0.717) is 5.56 Å². The molecule has 0 fully saturated rings. The number of aryl methyl sites for hydroxylation is 1. The quantitative estimate of drug-likeness (QED) is 0.668. The van der Waals surface area contributed by atoms with Crippen LogP contribution < -0.4 is 5.43 Å². The molecule has 0 bridgehead atoms. The Kier molecular flexibility index (Phi) is 4.50. The minimum absolute atomic E-state index is 0.214. The summed E-state index contributed by atoms with van der Waals surface area (Å²) >= 11 is 4.99. The van der Waals surface area contributed by atoms with Gasteiger partial charge in [-0.2, -0.15) is 5.10 Å². The van der Waals surface area contributed by atoms with Crippen molar-refractivity contribution in [3.63, 3.8) is 0 Å². The first-order chi connectivity index (χ1) is 9.06. The number of halogens is 1. The normalized spacial score (nSPS) is 11.4. The molecule has 1 aromatic heterocycles. The number of benzene rings is 1. The molecule has 0 aliphatic heterocycles. The Morgan fingerprint density at radius 1 is 1.32 bits per heavy atom. The fraction of sp³-hybridized carbons (Fsp3) is 0.143. The van der Waals surface area contributed by atoms with Crippen LogP contribution in [0.1, 0.15) is 27.0 Å². The lowest BCUT2D eigenvalue weighted by molar-refractivity contribution is 0.0955. The molecule has 0 aliphatic rings. The maximum absolute atomic E-state index is 11.9. The van der Waals surface area contributed by atoms with Crippen LogP contribution in [0.2, 0.25) is 0 Å². The predicted molar refractivity (Wildman–Crippen MR) is 82.9 cm³/mol. The summed E-state index contributed by atoms with van der Waals surface area (Å²) in [6, 6.07) is 11.2. The van der Waals surface area contributed by atoms with Gasteiger partial charge in [0.1, 0.15) is 0 Å². The lowest BCUT2D eigenvalue weighted by Gasteiger charge is -2.02. The fourth-order valence-corrected chi connectivity index (χ4v) is 2.72. The Morgan fingerprint density at radius 3 is 2.74 bits per heavy atom. The van der Waals surface area contributed by atoms with E-state index in [1.54, 1.807) is 23.5 Å². The summed E-state index contributed by atoms with van der Waals surface area (Å²) in [6.45, 7) is 3.92. The molecule has 2 aromatic rings. The summed E-state index contributed by atoms with van der Waals surface area (Å²) in [4.78, 5) is 14.2. The molecule has 0 spiro atoms. The highest BCUT2D eigenvalue weighted by molar-refractivity contribution is 9.10. The third kappa shape index (κ3) is 3.75. The van der Waals surface area contributed by atoms with Crippen molar-refractivity contribution in [1.82, 2.24) is 5.43 Å². The number of amides is 1. The Morgan fingerprint density at radius 2 is 2.11 bits per heavy atom. The van der Waals surface area contributed by atoms with E-state index >= 15 is 0 Å². The predicted octanol–water partition coefficient (Wildman–Crippen LogP) is 3.97. The highest BCUT2D eigenvalue weighted by atomic mass is 79.9. The van der Waals surface area contributed by atoms with Crippen LogP contribution in [0.3, 0.4) is 0 Å². The first kappa shape index (κ1) is 14.0. The molecule has 2 rings (SSSR count). The van der Waals surface area contributed by atoms with Gasteiger partial charge in [0.05, 0.1) is 10.6 Å². The smallest absolute Gasteiger partial charge is 0.267 e. The van der Waals surface area contributed by atoms with Gasteiger partial charge in [-0.1, -0.05) is 22.0 Å². The number of carbonyl (C=O) groups excluding carboxylic acids is 1. The SMILES string of the molecule is C/C(=N\NC(=O)c1cccc(Br)c1)c1ccc(C)s1. The lowest BCUT2D eigenvalue weighted by atomic mass is 10.2. The van der Waals surface area contributed by atoms with Gasteiger partial charge in [-0.05, 0) is 44.2 Å². The molecule has 98 valence electrons. The molecule has 0 saturated heterocycles. The van der Waals surface area contributed by atoms with Crippen molar-refractivity contribution < 1.29 is 4.79 Å². The molecule has 5 heteroatoms. The minimum atomic E-state index is -0.214. The van der Waals surface area contributed by atoms with E-state index < -0.39 is 0 Å². The average Bonchev–Trinajstić information content (AvgIpc) is 2.82. The van der Waals surface area contributed by atoms with Crippen LogP contribution in [-0.2, 0) is 0 Å². The maximum Gasteiger partial charge on any atom is 0.271 e. The third-order valence-corrected chi connectivity index (χ3v) is 4.11. The number of hydrogen-bond donors (Lipinski definition) is 1. The van der Waals surface area contributed by atoms with Crippen LogP contribution in [-0.4, -0.2) is 11.6 Å². The highest BCUT2D eigenvalue weighted by Crippen LogP contribution is 2.16. The second-order valence-corrected chi connectivity index (χ2v) is 6.26. The first-order valence-corrected chi connectivity index (χ1v) is 7.34. The third-order valence-electron chi connectivity index (χ3n) is 2.51. The van der Waals surface area contributed by atoms with E-state index in [1.165, 1.54) is 4.88 Å². The summed E-state index contributed by atoms with van der Waals surface area (Å²) in [6.07, 6.45) is 0. The van der Waals surface area contributed by atoms with Gasteiger partial charge in [0, 0.05) is 14.9 Å². The molecule has 19 heavy (non-hydrogen) atoms. The van der Waals surface area contributed by atoms with Crippen molar-refractivity contribution in [2.45, 2.75) is 13.8 Å². The standard InChI is InChI=1S/C14H13BrN2OS/c1-9-6-7-13(19-9)10(2)16-17-14(18)11-4-3-5-12(15)8-11/h3-8H,1-2H3,(H,17,18)/b16-10+. The molecule has 3 nitrogen and oxygen atoms in total. The van der Waals surface area contributed by atoms with Gasteiger partial charge in [-0.3, -0.25) is 4.79 Å². The molecular weight excluding hydrogens is 324 g/mol. The number of nitrogens with one attached hydrogen (secondary N) is 1. The Hall–Kier alpha value is -1.46. The van der Waals surface area contributed by atoms with Crippen molar-refractivity contribution in [3.8, 4) is 0 Å². The van der Waals surface area contributed by atoms with Crippen molar-refractivity contribution in [3.05, 3.63) is 56.2 Å². The summed E-state index contributed by atoms with van der Waals surface area (Å²) in [5.74, 6) is -0.214. The van der Waals surface area contributed by atoms with Crippen LogP contribution in [0.25, 0.3) is 0 Å². The molecule has 0 saturated carbocycles. The van der Waals surface area contributed by atoms with E-state index in [9.17, 15) is 4.79 Å². The van der Waals surface area contributed by atoms with Gasteiger partial charge >= 0.3 is 0 Å². The lowest BCUT2D eigenvalue weighted by Crippen LogP contribution is -2.19. The highest BCUT2D eigenvalue weighted by Gasteiger charge is 2.06. The minimum Gasteiger partial charge on any atom is -0.267 e. The van der Waals surface area contributed by atoms with Gasteiger partial charge in [-0.25, -0.2) is 5.43 Å². The zero-order chi connectivity index (χ0) is 13.8. The molecule has 0 aliphatic carbocycles. The molecule has 1 heterocycles. The Balaban J connectivity index is 2.07. The monoisotopic (exact) mass is 336 g/mol. The number of thiophene rings is 1. The molecular formula is C14H13BrN2OS. The van der Waals surface area contributed by atoms with E-state index in [1.807, 2.05) is 38.1 Å². The van der Waals surface area contributed by atoms with Crippen LogP contribution >= 0.6 is 27.3 Å². The maximum atomic E-state index is 11.9. The largest absolute Gasteiger partial charge is 0.271 e. The average molecular weight is 337 g/mol. The van der Waals surface area contributed by atoms with Gasteiger partial charge in [0.25, 0.3) is 5.91 Å². The second kappa shape index (κ2) is 6.12. The first-order valence-electron chi connectivity index (χ1n) is 5.73. The van der Waals surface area contributed by atoms with E-state index in [2.05, 4.69) is 26.5 Å². The summed E-state index contributed by atoms with van der Waals surface area (Å²) in [7, 11) is 0. The van der Waals surface area contributed by atoms with Crippen LogP contribution in [0.5, 0.6) is 0 Å². The Bertz CT molecular complexity index is 634. The van der Waals surface area contributed by atoms with Crippen molar-refractivity contribution in [1.29, 1.82) is 0 Å². The number of carbonyl (C=O) groups is 1. The van der Waals surface area contributed by atoms with Crippen LogP contribution in [0.15, 0.2) is 46.0 Å². The van der Waals surface area contributed by atoms with Crippen molar-refractivity contribution >= 4 is 38.9 Å². The van der Waals surface area contributed by atoms with Crippen molar-refractivity contribution in [2.75, 3.05) is 0 Å². The van der Waals surface area contributed by atoms with Gasteiger partial charge in [-0.15, -0.1) is 11.3 Å². The molecule has 1 amide bonds. The molecule has 1 aromatic carbocycles. The summed E-state index contributed by atoms with van der Waals surface area (Å²) < 4.78 is 0.870. The summed E-state index contributed by atoms with van der Waals surface area (Å²) in [5.41, 5.74) is 3.95. The van der Waals surface area contributed by atoms with Gasteiger partial charge in [0.2, 0.25) is 0 Å². The number of nitrogens with zero attached hydrogens (tertiary/aromatic N) is 1. The fourth-order valence-electron chi connectivity index (χ4n) is 1.51. The van der Waals surface area contributed by atoms with Gasteiger partial charge in [0.15, 0.2) is 0 Å². The van der Waals surface area contributed by atoms with E-state index in [0.717, 1.165) is 15.1 Å². The topological polar surface area (TPSA) is 41.5 Å². The second-order valence-electron chi connectivity index (χ2n) is 4.06. The van der Waals surface area contributed by atoms with Gasteiger partial charge < -0.3 is 0 Å². The molecule has 0 atom stereocenters. The molecule has 1 N–H and O–H groups in total. The van der Waals surface area contributed by atoms with Crippen LogP contribution in [0.4, 0.5) is 0 Å². The number of hydrazone groups is 1. The number of rotatable bonds is 3. The zero-order valence-electron chi connectivity index (χ0n) is 10.6. The Labute approximate surface area is 124 Å². The van der Waals surface area contributed by atoms with E-state index in [-0.39, 0.29) is 5.91 Å².